The molecule has 1 heterocycles. The van der Waals surface area contributed by atoms with Crippen molar-refractivity contribution in [2.75, 3.05) is 5.32 Å². The van der Waals surface area contributed by atoms with Gasteiger partial charge in [0.25, 0.3) is 0 Å². The van der Waals surface area contributed by atoms with E-state index in [-0.39, 0.29) is 5.78 Å². The summed E-state index contributed by atoms with van der Waals surface area (Å²) in [4.78, 5) is 21.6. The number of rotatable bonds is 4. The normalized spacial score (nSPS) is 12.8. The molecule has 1 aliphatic rings. The summed E-state index contributed by atoms with van der Waals surface area (Å²) in [6.45, 7) is 4.14. The van der Waals surface area contributed by atoms with Crippen LogP contribution in [0.3, 0.4) is 0 Å². The van der Waals surface area contributed by atoms with E-state index in [1.807, 2.05) is 42.5 Å². The van der Waals surface area contributed by atoms with Crippen LogP contribution in [0.4, 0.5) is 11.5 Å². The first kappa shape index (κ1) is 18.3. The Balaban J connectivity index is 1.56. The summed E-state index contributed by atoms with van der Waals surface area (Å²) >= 11 is 0. The summed E-state index contributed by atoms with van der Waals surface area (Å²) in [6.07, 6.45) is 2.71. The number of para-hydroxylation sites is 1. The highest BCUT2D eigenvalue weighted by atomic mass is 16.5. The van der Waals surface area contributed by atoms with Crippen molar-refractivity contribution in [1.29, 1.82) is 0 Å². The molecule has 5 heteroatoms. The van der Waals surface area contributed by atoms with Gasteiger partial charge in [-0.25, -0.2) is 9.97 Å². The standard InChI is InChI=1S/C25H21N3O2/c1-15-12-19-21(13-16(15)2)26-14-27-25(19)28-20-9-11-23(18-8-10-22(29)24(18)20)30-17-6-4-3-5-7-17/h3-7,9,11-14H,8,10H2,1-2H3,(H,26,27,28). The van der Waals surface area contributed by atoms with Crippen molar-refractivity contribution >= 4 is 28.2 Å². The molecule has 0 fully saturated rings. The maximum atomic E-state index is 12.7. The van der Waals surface area contributed by atoms with E-state index in [4.69, 9.17) is 4.74 Å². The Kier molecular flexibility index (Phi) is 4.43. The molecular formula is C25H21N3O2. The van der Waals surface area contributed by atoms with Gasteiger partial charge in [-0.3, -0.25) is 4.79 Å². The van der Waals surface area contributed by atoms with Crippen LogP contribution in [0.1, 0.15) is 33.5 Å². The number of fused-ring (bicyclic) bond motifs is 2. The van der Waals surface area contributed by atoms with E-state index in [1.165, 1.54) is 11.1 Å². The topological polar surface area (TPSA) is 64.1 Å². The number of ketones is 1. The van der Waals surface area contributed by atoms with Crippen LogP contribution in [0.15, 0.2) is 60.9 Å². The molecule has 3 aromatic carbocycles. The SMILES string of the molecule is Cc1cc2ncnc(Nc3ccc(Oc4ccccc4)c4c3C(=O)CC4)c2cc1C. The largest absolute Gasteiger partial charge is 0.457 e. The lowest BCUT2D eigenvalue weighted by Crippen LogP contribution is -2.03. The molecule has 0 unspecified atom stereocenters. The van der Waals surface area contributed by atoms with Crippen LogP contribution in [0.2, 0.25) is 0 Å². The van der Waals surface area contributed by atoms with E-state index in [2.05, 4.69) is 41.3 Å². The highest BCUT2D eigenvalue weighted by Crippen LogP contribution is 2.39. The summed E-state index contributed by atoms with van der Waals surface area (Å²) in [5.41, 5.74) is 5.63. The van der Waals surface area contributed by atoms with Crippen molar-refractivity contribution in [3.8, 4) is 11.5 Å². The number of carbonyl (C=O) groups is 1. The van der Waals surface area contributed by atoms with Crippen LogP contribution in [0.25, 0.3) is 10.9 Å². The summed E-state index contributed by atoms with van der Waals surface area (Å²) in [5, 5.41) is 4.32. The molecule has 5 rings (SSSR count). The number of hydrogen-bond donors (Lipinski definition) is 1. The fourth-order valence-corrected chi connectivity index (χ4v) is 3.92. The molecule has 0 spiro atoms. The lowest BCUT2D eigenvalue weighted by atomic mass is 10.0. The number of nitrogens with one attached hydrogen (secondary N) is 1. The minimum atomic E-state index is 0.122. The number of benzene rings is 3. The zero-order chi connectivity index (χ0) is 20.7. The third kappa shape index (κ3) is 3.18. The van der Waals surface area contributed by atoms with Gasteiger partial charge in [-0.2, -0.15) is 0 Å². The summed E-state index contributed by atoms with van der Waals surface area (Å²) in [7, 11) is 0. The van der Waals surface area contributed by atoms with Crippen LogP contribution in [-0.4, -0.2) is 15.8 Å². The molecule has 1 aliphatic carbocycles. The van der Waals surface area contributed by atoms with Crippen LogP contribution >= 0.6 is 0 Å². The number of carbonyl (C=O) groups excluding carboxylic acids is 1. The molecular weight excluding hydrogens is 374 g/mol. The second-order valence-electron chi connectivity index (χ2n) is 7.60. The number of anilines is 2. The average molecular weight is 395 g/mol. The Hall–Kier alpha value is -3.73. The smallest absolute Gasteiger partial charge is 0.165 e. The molecule has 5 nitrogen and oxygen atoms in total. The first-order chi connectivity index (χ1) is 14.6. The lowest BCUT2D eigenvalue weighted by molar-refractivity contribution is 0.0995. The van der Waals surface area contributed by atoms with E-state index in [9.17, 15) is 4.79 Å². The number of ether oxygens (including phenoxy) is 1. The molecule has 4 aromatic rings. The number of hydrogen-bond acceptors (Lipinski definition) is 5. The second-order valence-corrected chi connectivity index (χ2v) is 7.60. The monoisotopic (exact) mass is 395 g/mol. The molecule has 0 saturated carbocycles. The van der Waals surface area contributed by atoms with Crippen molar-refractivity contribution in [1.82, 2.24) is 9.97 Å². The Bertz CT molecular complexity index is 1280. The van der Waals surface area contributed by atoms with Crippen LogP contribution < -0.4 is 10.1 Å². The van der Waals surface area contributed by atoms with Gasteiger partial charge in [0.15, 0.2) is 5.78 Å². The van der Waals surface area contributed by atoms with Gasteiger partial charge >= 0.3 is 0 Å². The third-order valence-electron chi connectivity index (χ3n) is 5.63. The molecule has 1 N–H and O–H groups in total. The van der Waals surface area contributed by atoms with Crippen LogP contribution in [-0.2, 0) is 6.42 Å². The lowest BCUT2D eigenvalue weighted by Gasteiger charge is -2.15. The Labute approximate surface area is 174 Å². The van der Waals surface area contributed by atoms with Crippen LogP contribution in [0.5, 0.6) is 11.5 Å². The molecule has 1 aromatic heterocycles. The average Bonchev–Trinajstić information content (AvgIpc) is 3.14. The minimum Gasteiger partial charge on any atom is -0.457 e. The number of aromatic nitrogens is 2. The fourth-order valence-electron chi connectivity index (χ4n) is 3.92. The van der Waals surface area contributed by atoms with Gasteiger partial charge in [-0.1, -0.05) is 18.2 Å². The zero-order valence-corrected chi connectivity index (χ0v) is 16.9. The van der Waals surface area contributed by atoms with Gasteiger partial charge in [0.2, 0.25) is 0 Å². The van der Waals surface area contributed by atoms with Gasteiger partial charge in [-0.15, -0.1) is 0 Å². The van der Waals surface area contributed by atoms with Crippen molar-refractivity contribution < 1.29 is 9.53 Å². The molecule has 0 bridgehead atoms. The zero-order valence-electron chi connectivity index (χ0n) is 16.9. The molecule has 0 atom stereocenters. The van der Waals surface area contributed by atoms with Gasteiger partial charge < -0.3 is 10.1 Å². The predicted octanol–water partition coefficient (Wildman–Crippen LogP) is 5.91. The third-order valence-corrected chi connectivity index (χ3v) is 5.63. The van der Waals surface area contributed by atoms with E-state index < -0.39 is 0 Å². The number of aryl methyl sites for hydroxylation is 2. The van der Waals surface area contributed by atoms with E-state index in [0.717, 1.165) is 33.7 Å². The van der Waals surface area contributed by atoms with E-state index >= 15 is 0 Å². The minimum absolute atomic E-state index is 0.122. The van der Waals surface area contributed by atoms with Crippen molar-refractivity contribution in [3.05, 3.63) is 83.2 Å². The van der Waals surface area contributed by atoms with Crippen LogP contribution in [0, 0.1) is 13.8 Å². The maximum absolute atomic E-state index is 12.7. The van der Waals surface area contributed by atoms with Gasteiger partial charge in [-0.05, 0) is 67.8 Å². The second kappa shape index (κ2) is 7.26. The Morgan fingerprint density at radius 3 is 2.57 bits per heavy atom. The molecule has 0 aliphatic heterocycles. The van der Waals surface area contributed by atoms with Gasteiger partial charge in [0.05, 0.1) is 11.2 Å². The Morgan fingerprint density at radius 1 is 0.933 bits per heavy atom. The molecule has 0 saturated heterocycles. The molecule has 0 amide bonds. The fraction of sp³-hybridized carbons (Fsp3) is 0.160. The molecule has 148 valence electrons. The highest BCUT2D eigenvalue weighted by molar-refractivity contribution is 6.07. The van der Waals surface area contributed by atoms with E-state index in [1.54, 1.807) is 6.33 Å². The highest BCUT2D eigenvalue weighted by Gasteiger charge is 2.27. The number of Topliss-reactive ketones (excluding diaryl/α,β-unsaturated/α-hetero) is 1. The maximum Gasteiger partial charge on any atom is 0.165 e. The number of nitrogens with zero attached hydrogens (tertiary/aromatic N) is 2. The molecule has 30 heavy (non-hydrogen) atoms. The van der Waals surface area contributed by atoms with Crippen molar-refractivity contribution in [3.63, 3.8) is 0 Å². The van der Waals surface area contributed by atoms with Crippen molar-refractivity contribution in [2.24, 2.45) is 0 Å². The van der Waals surface area contributed by atoms with Crippen molar-refractivity contribution in [2.45, 2.75) is 26.7 Å². The summed E-state index contributed by atoms with van der Waals surface area (Å²) in [5.74, 6) is 2.30. The predicted molar refractivity (Wildman–Crippen MR) is 118 cm³/mol. The Morgan fingerprint density at radius 2 is 1.73 bits per heavy atom. The summed E-state index contributed by atoms with van der Waals surface area (Å²) < 4.78 is 6.07. The van der Waals surface area contributed by atoms with Gasteiger partial charge in [0, 0.05) is 22.9 Å². The van der Waals surface area contributed by atoms with Gasteiger partial charge in [0.1, 0.15) is 23.6 Å². The first-order valence-corrected chi connectivity index (χ1v) is 10.0. The quantitative estimate of drug-likeness (QED) is 0.465. The first-order valence-electron chi connectivity index (χ1n) is 10.0. The summed E-state index contributed by atoms with van der Waals surface area (Å²) in [6, 6.07) is 17.6. The molecule has 0 radical (unpaired) electrons. The van der Waals surface area contributed by atoms with E-state index in [0.29, 0.717) is 24.2 Å².